The maximum absolute atomic E-state index is 5.78. The third-order valence-electron chi connectivity index (χ3n) is 2.32. The Morgan fingerprint density at radius 3 is 2.62 bits per heavy atom. The summed E-state index contributed by atoms with van der Waals surface area (Å²) in [5.41, 5.74) is 0. The van der Waals surface area contributed by atoms with Crippen LogP contribution in [0, 0.1) is 0 Å². The summed E-state index contributed by atoms with van der Waals surface area (Å²) >= 11 is 1.70. The van der Waals surface area contributed by atoms with Gasteiger partial charge in [0, 0.05) is 11.0 Å². The molecule has 1 saturated carbocycles. The van der Waals surface area contributed by atoms with Crippen LogP contribution in [0.5, 0.6) is 11.5 Å². The van der Waals surface area contributed by atoms with Gasteiger partial charge in [-0.2, -0.15) is 0 Å². The third kappa shape index (κ3) is 3.08. The molecule has 1 aliphatic rings. The average molecular weight is 238 g/mol. The molecule has 2 rings (SSSR count). The summed E-state index contributed by atoms with van der Waals surface area (Å²) < 4.78 is 11.5. The van der Waals surface area contributed by atoms with E-state index in [1.165, 1.54) is 12.8 Å². The Hall–Kier alpha value is -0.830. The van der Waals surface area contributed by atoms with Gasteiger partial charge in [-0.3, -0.25) is 0 Å². The largest absolute Gasteiger partial charge is 0.490 e. The van der Waals surface area contributed by atoms with Gasteiger partial charge in [-0.05, 0) is 45.1 Å². The van der Waals surface area contributed by atoms with Crippen LogP contribution >= 0.6 is 11.8 Å². The molecule has 0 aromatic heterocycles. The fourth-order valence-electron chi connectivity index (χ4n) is 1.45. The van der Waals surface area contributed by atoms with Crippen LogP contribution in [0.4, 0.5) is 0 Å². The Kier molecular flexibility index (Phi) is 3.64. The molecular weight excluding hydrogens is 220 g/mol. The summed E-state index contributed by atoms with van der Waals surface area (Å²) in [5.74, 6) is 1.86. The highest BCUT2D eigenvalue weighted by atomic mass is 32.2. The molecule has 0 atom stereocenters. The van der Waals surface area contributed by atoms with Crippen molar-refractivity contribution >= 4 is 11.8 Å². The van der Waals surface area contributed by atoms with Gasteiger partial charge >= 0.3 is 0 Å². The summed E-state index contributed by atoms with van der Waals surface area (Å²) in [6.07, 6.45) is 5.06. The molecule has 0 spiro atoms. The van der Waals surface area contributed by atoms with E-state index in [2.05, 4.69) is 12.3 Å². The maximum Gasteiger partial charge on any atom is 0.136 e. The first kappa shape index (κ1) is 11.6. The Bertz CT molecular complexity index is 359. The van der Waals surface area contributed by atoms with E-state index >= 15 is 0 Å². The fraction of sp³-hybridized carbons (Fsp3) is 0.538. The van der Waals surface area contributed by atoms with E-state index in [-0.39, 0.29) is 6.10 Å². The minimum atomic E-state index is 0.196. The molecule has 2 nitrogen and oxygen atoms in total. The van der Waals surface area contributed by atoms with Crippen LogP contribution in [0.1, 0.15) is 26.7 Å². The summed E-state index contributed by atoms with van der Waals surface area (Å²) in [5, 5.41) is 0. The standard InChI is InChI=1S/C13H18O2S/c1-9(2)14-12-8-11(15-10-4-5-10)6-7-13(12)16-3/h6-10H,4-5H2,1-3H3. The number of ether oxygens (including phenoxy) is 2. The minimum absolute atomic E-state index is 0.196. The van der Waals surface area contributed by atoms with E-state index in [4.69, 9.17) is 9.47 Å². The van der Waals surface area contributed by atoms with E-state index in [1.807, 2.05) is 26.0 Å². The molecule has 0 saturated heterocycles. The van der Waals surface area contributed by atoms with E-state index in [9.17, 15) is 0 Å². The van der Waals surface area contributed by atoms with Crippen molar-refractivity contribution in [1.29, 1.82) is 0 Å². The van der Waals surface area contributed by atoms with Crippen molar-refractivity contribution in [3.63, 3.8) is 0 Å². The van der Waals surface area contributed by atoms with Gasteiger partial charge in [-0.25, -0.2) is 0 Å². The highest BCUT2D eigenvalue weighted by Crippen LogP contribution is 2.34. The first-order valence-electron chi connectivity index (χ1n) is 5.70. The van der Waals surface area contributed by atoms with Crippen molar-refractivity contribution in [2.75, 3.05) is 6.26 Å². The van der Waals surface area contributed by atoms with Gasteiger partial charge in [0.05, 0.1) is 12.2 Å². The Morgan fingerprint density at radius 2 is 2.06 bits per heavy atom. The molecule has 0 bridgehead atoms. The molecule has 1 aromatic rings. The fourth-order valence-corrected chi connectivity index (χ4v) is 1.97. The summed E-state index contributed by atoms with van der Waals surface area (Å²) in [7, 11) is 0. The molecule has 0 aliphatic heterocycles. The summed E-state index contributed by atoms with van der Waals surface area (Å²) in [6.45, 7) is 4.08. The third-order valence-corrected chi connectivity index (χ3v) is 3.10. The van der Waals surface area contributed by atoms with E-state index < -0.39 is 0 Å². The first-order valence-corrected chi connectivity index (χ1v) is 6.93. The first-order chi connectivity index (χ1) is 7.69. The van der Waals surface area contributed by atoms with Crippen molar-refractivity contribution in [2.45, 2.75) is 43.8 Å². The molecular formula is C13H18O2S. The molecule has 1 aromatic carbocycles. The molecule has 0 unspecified atom stereocenters. The van der Waals surface area contributed by atoms with Crippen molar-refractivity contribution in [2.24, 2.45) is 0 Å². The Balaban J connectivity index is 2.15. The van der Waals surface area contributed by atoms with Crippen LogP contribution in [0.25, 0.3) is 0 Å². The zero-order valence-electron chi connectivity index (χ0n) is 10.0. The van der Waals surface area contributed by atoms with Crippen LogP contribution < -0.4 is 9.47 Å². The lowest BCUT2D eigenvalue weighted by Crippen LogP contribution is -2.06. The highest BCUT2D eigenvalue weighted by molar-refractivity contribution is 7.98. The van der Waals surface area contributed by atoms with Crippen LogP contribution in [0.15, 0.2) is 23.1 Å². The van der Waals surface area contributed by atoms with Crippen molar-refractivity contribution < 1.29 is 9.47 Å². The number of thioether (sulfide) groups is 1. The van der Waals surface area contributed by atoms with Gasteiger partial charge in [0.25, 0.3) is 0 Å². The van der Waals surface area contributed by atoms with Crippen LogP contribution in [-0.2, 0) is 0 Å². The summed E-state index contributed by atoms with van der Waals surface area (Å²) in [4.78, 5) is 1.16. The van der Waals surface area contributed by atoms with E-state index in [1.54, 1.807) is 11.8 Å². The van der Waals surface area contributed by atoms with Gasteiger partial charge in [0.15, 0.2) is 0 Å². The second kappa shape index (κ2) is 5.00. The highest BCUT2D eigenvalue weighted by Gasteiger charge is 2.23. The van der Waals surface area contributed by atoms with Crippen molar-refractivity contribution in [3.8, 4) is 11.5 Å². The van der Waals surface area contributed by atoms with Crippen LogP contribution in [0.3, 0.4) is 0 Å². The zero-order chi connectivity index (χ0) is 11.5. The predicted molar refractivity (Wildman–Crippen MR) is 67.6 cm³/mol. The van der Waals surface area contributed by atoms with E-state index in [0.717, 1.165) is 16.4 Å². The molecule has 1 fully saturated rings. The summed E-state index contributed by atoms with van der Waals surface area (Å²) in [6, 6.07) is 6.10. The molecule has 3 heteroatoms. The molecule has 16 heavy (non-hydrogen) atoms. The van der Waals surface area contributed by atoms with E-state index in [0.29, 0.717) is 6.10 Å². The SMILES string of the molecule is CSc1ccc(OC2CC2)cc1OC(C)C. The minimum Gasteiger partial charge on any atom is -0.490 e. The lowest BCUT2D eigenvalue weighted by atomic mass is 10.3. The van der Waals surface area contributed by atoms with Crippen LogP contribution in [-0.4, -0.2) is 18.5 Å². The van der Waals surface area contributed by atoms with Gasteiger partial charge in [-0.15, -0.1) is 11.8 Å². The number of hydrogen-bond donors (Lipinski definition) is 0. The van der Waals surface area contributed by atoms with Crippen molar-refractivity contribution in [1.82, 2.24) is 0 Å². The van der Waals surface area contributed by atoms with Crippen LogP contribution in [0.2, 0.25) is 0 Å². The molecule has 0 N–H and O–H groups in total. The van der Waals surface area contributed by atoms with Gasteiger partial charge in [-0.1, -0.05) is 0 Å². The smallest absolute Gasteiger partial charge is 0.136 e. The molecule has 0 amide bonds. The molecule has 88 valence electrons. The average Bonchev–Trinajstić information content (AvgIpc) is 3.01. The Labute approximate surface area is 101 Å². The molecule has 1 aliphatic carbocycles. The molecule has 0 radical (unpaired) electrons. The lowest BCUT2D eigenvalue weighted by molar-refractivity contribution is 0.233. The second-order valence-corrected chi connectivity index (χ2v) is 5.14. The van der Waals surface area contributed by atoms with Gasteiger partial charge in [0.2, 0.25) is 0 Å². The number of benzene rings is 1. The second-order valence-electron chi connectivity index (χ2n) is 4.30. The Morgan fingerprint density at radius 1 is 1.31 bits per heavy atom. The lowest BCUT2D eigenvalue weighted by Gasteiger charge is -2.14. The quantitative estimate of drug-likeness (QED) is 0.728. The molecule has 0 heterocycles. The van der Waals surface area contributed by atoms with Gasteiger partial charge < -0.3 is 9.47 Å². The number of hydrogen-bond acceptors (Lipinski definition) is 3. The van der Waals surface area contributed by atoms with Gasteiger partial charge in [0.1, 0.15) is 11.5 Å². The monoisotopic (exact) mass is 238 g/mol. The topological polar surface area (TPSA) is 18.5 Å². The predicted octanol–water partition coefficient (Wildman–Crippen LogP) is 3.74. The zero-order valence-corrected chi connectivity index (χ0v) is 10.8. The maximum atomic E-state index is 5.78. The normalized spacial score (nSPS) is 15.2. The van der Waals surface area contributed by atoms with Crippen molar-refractivity contribution in [3.05, 3.63) is 18.2 Å². The number of rotatable bonds is 5.